The van der Waals surface area contributed by atoms with Gasteiger partial charge in [-0.05, 0) is 32.6 Å². The first-order valence-electron chi connectivity index (χ1n) is 11.4. The molecule has 0 radical (unpaired) electrons. The van der Waals surface area contributed by atoms with E-state index in [9.17, 15) is 13.2 Å². The van der Waals surface area contributed by atoms with Crippen LogP contribution < -0.4 is 9.80 Å². The molecule has 0 amide bonds. The number of aryl methyl sites for hydroxylation is 2. The van der Waals surface area contributed by atoms with Crippen LogP contribution in [0.4, 0.5) is 24.8 Å². The Bertz CT molecular complexity index is 1190. The first kappa shape index (κ1) is 22.8. The van der Waals surface area contributed by atoms with Crippen LogP contribution in [0.3, 0.4) is 0 Å². The summed E-state index contributed by atoms with van der Waals surface area (Å²) in [6.07, 6.45) is -0.928. The van der Waals surface area contributed by atoms with E-state index in [0.717, 1.165) is 48.1 Å². The fraction of sp³-hybridized carbons (Fsp3) is 0.591. The summed E-state index contributed by atoms with van der Waals surface area (Å²) < 4.78 is 46.6. The lowest BCUT2D eigenvalue weighted by atomic mass is 10.1. The van der Waals surface area contributed by atoms with Crippen molar-refractivity contribution in [1.82, 2.24) is 29.7 Å². The minimum atomic E-state index is -4.48. The van der Waals surface area contributed by atoms with Gasteiger partial charge in [-0.15, -0.1) is 0 Å². The molecule has 2 aliphatic heterocycles. The highest BCUT2D eigenvalue weighted by molar-refractivity contribution is 5.75. The summed E-state index contributed by atoms with van der Waals surface area (Å²) in [6, 6.07) is 1.24. The van der Waals surface area contributed by atoms with Crippen LogP contribution in [0.1, 0.15) is 36.1 Å². The molecule has 2 saturated heterocycles. The Hall–Kier alpha value is -3.02. The molecule has 9 nitrogen and oxygen atoms in total. The molecule has 2 aliphatic rings. The minimum Gasteiger partial charge on any atom is -0.377 e. The van der Waals surface area contributed by atoms with Crippen LogP contribution >= 0.6 is 0 Å². The van der Waals surface area contributed by atoms with Crippen LogP contribution in [0.15, 0.2) is 12.3 Å². The number of hydrogen-bond donors (Lipinski definition) is 0. The Balaban J connectivity index is 1.23. The summed E-state index contributed by atoms with van der Waals surface area (Å²) in [5.74, 6) is 1.59. The van der Waals surface area contributed by atoms with Crippen molar-refractivity contribution >= 4 is 22.8 Å². The summed E-state index contributed by atoms with van der Waals surface area (Å²) in [7, 11) is 1.98. The number of nitrogens with zero attached hydrogens (tertiary/aromatic N) is 8. The molecule has 0 N–H and O–H groups in total. The van der Waals surface area contributed by atoms with Crippen molar-refractivity contribution in [1.29, 1.82) is 0 Å². The maximum absolute atomic E-state index is 13.1. The van der Waals surface area contributed by atoms with Gasteiger partial charge >= 0.3 is 6.18 Å². The quantitative estimate of drug-likeness (QED) is 0.536. The Morgan fingerprint density at radius 2 is 1.97 bits per heavy atom. The number of aromatic nitrogens is 6. The molecule has 3 aromatic heterocycles. The lowest BCUT2D eigenvalue weighted by Crippen LogP contribution is -2.31. The SMILES string of the molecule is Cc1nc(N2CCC(CCN(C)c3cnc4c(C)nn(C5COC5)c4n3)C2)cc(C(F)(F)F)n1. The number of anilines is 2. The highest BCUT2D eigenvalue weighted by atomic mass is 19.4. The molecule has 5 rings (SSSR count). The van der Waals surface area contributed by atoms with E-state index >= 15 is 0 Å². The highest BCUT2D eigenvalue weighted by Gasteiger charge is 2.34. The predicted octanol–water partition coefficient (Wildman–Crippen LogP) is 3.18. The molecule has 5 heterocycles. The third kappa shape index (κ3) is 4.38. The van der Waals surface area contributed by atoms with Gasteiger partial charge < -0.3 is 14.5 Å². The molecule has 2 fully saturated rings. The number of alkyl halides is 3. The average Bonchev–Trinajstić information content (AvgIpc) is 3.35. The zero-order valence-corrected chi connectivity index (χ0v) is 19.4. The largest absolute Gasteiger partial charge is 0.433 e. The van der Waals surface area contributed by atoms with Crippen LogP contribution in [0.25, 0.3) is 11.2 Å². The van der Waals surface area contributed by atoms with E-state index in [-0.39, 0.29) is 11.9 Å². The topological polar surface area (TPSA) is 85.1 Å². The number of halogens is 3. The second kappa shape index (κ2) is 8.64. The summed E-state index contributed by atoms with van der Waals surface area (Å²) in [4.78, 5) is 21.2. The van der Waals surface area contributed by atoms with Gasteiger partial charge in [-0.25, -0.2) is 24.6 Å². The molecule has 3 aromatic rings. The summed E-state index contributed by atoms with van der Waals surface area (Å²) in [5, 5.41) is 4.59. The monoisotopic (exact) mass is 476 g/mol. The van der Waals surface area contributed by atoms with Gasteiger partial charge in [0.1, 0.15) is 34.7 Å². The summed E-state index contributed by atoms with van der Waals surface area (Å²) >= 11 is 0. The molecule has 12 heteroatoms. The minimum absolute atomic E-state index is 0.130. The van der Waals surface area contributed by atoms with Gasteiger partial charge in [0, 0.05) is 32.7 Å². The maximum Gasteiger partial charge on any atom is 0.433 e. The van der Waals surface area contributed by atoms with Gasteiger partial charge in [0.25, 0.3) is 0 Å². The van der Waals surface area contributed by atoms with Crippen LogP contribution in [0.5, 0.6) is 0 Å². The fourth-order valence-corrected chi connectivity index (χ4v) is 4.47. The zero-order chi connectivity index (χ0) is 24.0. The maximum atomic E-state index is 13.1. The Labute approximate surface area is 195 Å². The first-order valence-corrected chi connectivity index (χ1v) is 11.4. The van der Waals surface area contributed by atoms with Gasteiger partial charge in [-0.2, -0.15) is 18.3 Å². The molecular weight excluding hydrogens is 449 g/mol. The first-order chi connectivity index (χ1) is 16.2. The van der Waals surface area contributed by atoms with Crippen molar-refractivity contribution < 1.29 is 17.9 Å². The third-order valence-corrected chi connectivity index (χ3v) is 6.51. The van der Waals surface area contributed by atoms with Crippen molar-refractivity contribution in [3.63, 3.8) is 0 Å². The summed E-state index contributed by atoms with van der Waals surface area (Å²) in [6.45, 7) is 6.79. The third-order valence-electron chi connectivity index (χ3n) is 6.51. The Morgan fingerprint density at radius 1 is 1.18 bits per heavy atom. The predicted molar refractivity (Wildman–Crippen MR) is 120 cm³/mol. The van der Waals surface area contributed by atoms with Crippen LogP contribution in [0, 0.1) is 19.8 Å². The molecule has 0 spiro atoms. The van der Waals surface area contributed by atoms with Gasteiger partial charge in [-0.1, -0.05) is 0 Å². The van der Waals surface area contributed by atoms with Crippen molar-refractivity contribution in [2.24, 2.45) is 5.92 Å². The summed E-state index contributed by atoms with van der Waals surface area (Å²) in [5.41, 5.74) is 1.52. The Kier molecular flexibility index (Phi) is 5.78. The van der Waals surface area contributed by atoms with Gasteiger partial charge in [0.15, 0.2) is 5.65 Å². The van der Waals surface area contributed by atoms with E-state index in [1.165, 1.54) is 6.92 Å². The number of fused-ring (bicyclic) bond motifs is 1. The van der Waals surface area contributed by atoms with E-state index in [1.54, 1.807) is 6.20 Å². The molecular formula is C22H27F3N8O. The standard InChI is InChI=1S/C22H27F3N8O/c1-13-20-21(33(30-13)16-11-34-12-16)29-19(9-26-20)31(3)6-4-15-5-7-32(10-15)18-8-17(22(23,24)25)27-14(2)28-18/h8-9,15-16H,4-7,10-12H2,1-3H3. The van der Waals surface area contributed by atoms with E-state index < -0.39 is 11.9 Å². The number of hydrogen-bond acceptors (Lipinski definition) is 8. The zero-order valence-electron chi connectivity index (χ0n) is 19.4. The molecule has 182 valence electrons. The average molecular weight is 477 g/mol. The van der Waals surface area contributed by atoms with Crippen LogP contribution in [-0.4, -0.2) is 69.6 Å². The highest BCUT2D eigenvalue weighted by Crippen LogP contribution is 2.32. The van der Waals surface area contributed by atoms with Crippen molar-refractivity contribution in [3.8, 4) is 0 Å². The normalized spacial score (nSPS) is 19.1. The second-order valence-corrected chi connectivity index (χ2v) is 9.09. The van der Waals surface area contributed by atoms with Crippen molar-refractivity contribution in [2.45, 2.75) is 38.9 Å². The molecule has 0 aromatic carbocycles. The van der Waals surface area contributed by atoms with Crippen LogP contribution in [-0.2, 0) is 10.9 Å². The molecule has 1 unspecified atom stereocenters. The number of ether oxygens (including phenoxy) is 1. The molecule has 0 bridgehead atoms. The van der Waals surface area contributed by atoms with Crippen molar-refractivity contribution in [3.05, 3.63) is 29.5 Å². The van der Waals surface area contributed by atoms with Gasteiger partial charge in [0.2, 0.25) is 0 Å². The lowest BCUT2D eigenvalue weighted by Gasteiger charge is -2.26. The lowest BCUT2D eigenvalue weighted by molar-refractivity contribution is -0.141. The van der Waals surface area contributed by atoms with Crippen molar-refractivity contribution in [2.75, 3.05) is 49.7 Å². The van der Waals surface area contributed by atoms with E-state index in [4.69, 9.17) is 9.72 Å². The van der Waals surface area contributed by atoms with Gasteiger partial charge in [0.05, 0.1) is 25.1 Å². The Morgan fingerprint density at radius 3 is 2.68 bits per heavy atom. The van der Waals surface area contributed by atoms with E-state index in [1.807, 2.05) is 23.6 Å². The van der Waals surface area contributed by atoms with Gasteiger partial charge in [-0.3, -0.25) is 0 Å². The fourth-order valence-electron chi connectivity index (χ4n) is 4.47. The molecule has 0 saturated carbocycles. The van der Waals surface area contributed by atoms with Crippen LogP contribution in [0.2, 0.25) is 0 Å². The second-order valence-electron chi connectivity index (χ2n) is 9.09. The molecule has 34 heavy (non-hydrogen) atoms. The smallest absolute Gasteiger partial charge is 0.377 e. The molecule has 0 aliphatic carbocycles. The van der Waals surface area contributed by atoms with E-state index in [0.29, 0.717) is 38.0 Å². The number of rotatable bonds is 6. The van der Waals surface area contributed by atoms with E-state index in [2.05, 4.69) is 25.0 Å². The molecule has 1 atom stereocenters.